The first kappa shape index (κ1) is 11.1. The van der Waals surface area contributed by atoms with Crippen LogP contribution in [0.1, 0.15) is 16.1 Å². The highest BCUT2D eigenvalue weighted by Gasteiger charge is 2.05. The van der Waals surface area contributed by atoms with Crippen LogP contribution in [0.15, 0.2) is 40.8 Å². The predicted molar refractivity (Wildman–Crippen MR) is 60.9 cm³/mol. The van der Waals surface area contributed by atoms with Gasteiger partial charge in [0.05, 0.1) is 6.42 Å². The molecule has 4 nitrogen and oxygen atoms in total. The molecule has 1 aromatic carbocycles. The lowest BCUT2D eigenvalue weighted by Gasteiger charge is -1.99. The van der Waals surface area contributed by atoms with Gasteiger partial charge in [0.1, 0.15) is 5.76 Å². The second kappa shape index (κ2) is 4.65. The Labute approximate surface area is 97.5 Å². The summed E-state index contributed by atoms with van der Waals surface area (Å²) in [4.78, 5) is 21.0. The maximum Gasteiger partial charge on any atom is 0.307 e. The molecule has 0 unspecified atom stereocenters. The molecule has 0 aliphatic heterocycles. The zero-order chi connectivity index (χ0) is 12.3. The first-order chi connectivity index (χ1) is 8.19. The van der Waals surface area contributed by atoms with Crippen LogP contribution in [0, 0.1) is 0 Å². The number of carbonyl (C=O) groups excluding carboxylic acids is 1. The van der Waals surface area contributed by atoms with Gasteiger partial charge < -0.3 is 9.52 Å². The molecule has 17 heavy (non-hydrogen) atoms. The second-order valence-electron chi connectivity index (χ2n) is 3.59. The summed E-state index contributed by atoms with van der Waals surface area (Å²) in [5, 5.41) is 8.63. The van der Waals surface area contributed by atoms with Gasteiger partial charge in [-0.1, -0.05) is 24.3 Å². The number of furan rings is 1. The molecule has 86 valence electrons. The molecule has 0 fully saturated rings. The number of aldehydes is 1. The fraction of sp³-hybridized carbons (Fsp3) is 0.0769. The number of carbonyl (C=O) groups is 2. The molecule has 2 aromatic rings. The normalized spacial score (nSPS) is 10.1. The van der Waals surface area contributed by atoms with Crippen molar-refractivity contribution in [2.24, 2.45) is 0 Å². The van der Waals surface area contributed by atoms with Crippen LogP contribution in [0.25, 0.3) is 11.3 Å². The van der Waals surface area contributed by atoms with Gasteiger partial charge in [-0.05, 0) is 17.7 Å². The lowest BCUT2D eigenvalue weighted by Crippen LogP contribution is -1.99. The quantitative estimate of drug-likeness (QED) is 0.819. The fourth-order valence-corrected chi connectivity index (χ4v) is 1.53. The van der Waals surface area contributed by atoms with E-state index >= 15 is 0 Å². The number of hydrogen-bond donors (Lipinski definition) is 1. The van der Waals surface area contributed by atoms with Crippen LogP contribution in [0.3, 0.4) is 0 Å². The van der Waals surface area contributed by atoms with Crippen molar-refractivity contribution >= 4 is 12.3 Å². The summed E-state index contributed by atoms with van der Waals surface area (Å²) in [5.41, 5.74) is 1.54. The molecule has 0 saturated heterocycles. The molecule has 1 heterocycles. The molecule has 0 saturated carbocycles. The lowest BCUT2D eigenvalue weighted by atomic mass is 10.1. The topological polar surface area (TPSA) is 67.5 Å². The summed E-state index contributed by atoms with van der Waals surface area (Å²) < 4.78 is 5.26. The van der Waals surface area contributed by atoms with Gasteiger partial charge in [-0.3, -0.25) is 9.59 Å². The average molecular weight is 230 g/mol. The highest BCUT2D eigenvalue weighted by atomic mass is 16.4. The van der Waals surface area contributed by atoms with Crippen molar-refractivity contribution in [2.75, 3.05) is 0 Å². The predicted octanol–water partition coefficient (Wildman–Crippen LogP) is 2.39. The van der Waals surface area contributed by atoms with Crippen LogP contribution in [0.5, 0.6) is 0 Å². The first-order valence-electron chi connectivity index (χ1n) is 5.05. The van der Waals surface area contributed by atoms with E-state index in [1.54, 1.807) is 36.4 Å². The Bertz CT molecular complexity index is 537. The van der Waals surface area contributed by atoms with Crippen molar-refractivity contribution in [3.63, 3.8) is 0 Å². The van der Waals surface area contributed by atoms with Gasteiger partial charge in [0, 0.05) is 5.56 Å². The van der Waals surface area contributed by atoms with E-state index in [-0.39, 0.29) is 12.2 Å². The van der Waals surface area contributed by atoms with E-state index < -0.39 is 5.97 Å². The average Bonchev–Trinajstić information content (AvgIpc) is 2.78. The monoisotopic (exact) mass is 230 g/mol. The smallest absolute Gasteiger partial charge is 0.307 e. The van der Waals surface area contributed by atoms with E-state index in [2.05, 4.69) is 0 Å². The maximum absolute atomic E-state index is 10.5. The van der Waals surface area contributed by atoms with Crippen molar-refractivity contribution in [2.45, 2.75) is 6.42 Å². The SMILES string of the molecule is O=Cc1ccc(-c2ccc(CC(=O)O)cc2)o1. The van der Waals surface area contributed by atoms with Crippen LogP contribution in [-0.4, -0.2) is 17.4 Å². The molecule has 1 aromatic heterocycles. The highest BCUT2D eigenvalue weighted by Crippen LogP contribution is 2.22. The van der Waals surface area contributed by atoms with Crippen molar-refractivity contribution < 1.29 is 19.1 Å². The third kappa shape index (κ3) is 2.60. The molecule has 0 aliphatic rings. The van der Waals surface area contributed by atoms with Crippen LogP contribution in [-0.2, 0) is 11.2 Å². The van der Waals surface area contributed by atoms with Gasteiger partial charge >= 0.3 is 5.97 Å². The van der Waals surface area contributed by atoms with Gasteiger partial charge in [-0.15, -0.1) is 0 Å². The minimum absolute atomic E-state index is 0.00196. The lowest BCUT2D eigenvalue weighted by molar-refractivity contribution is -0.136. The minimum Gasteiger partial charge on any atom is -0.481 e. The molecule has 0 atom stereocenters. The largest absolute Gasteiger partial charge is 0.481 e. The number of rotatable bonds is 4. The number of carboxylic acid groups (broad SMARTS) is 1. The molecule has 1 N–H and O–H groups in total. The summed E-state index contributed by atoms with van der Waals surface area (Å²) >= 11 is 0. The summed E-state index contributed by atoms with van der Waals surface area (Å²) in [6.45, 7) is 0. The number of carboxylic acids is 1. The summed E-state index contributed by atoms with van der Waals surface area (Å²) in [7, 11) is 0. The number of aliphatic carboxylic acids is 1. The maximum atomic E-state index is 10.5. The Morgan fingerprint density at radius 3 is 2.41 bits per heavy atom. The third-order valence-electron chi connectivity index (χ3n) is 2.34. The second-order valence-corrected chi connectivity index (χ2v) is 3.59. The Kier molecular flexibility index (Phi) is 3.05. The van der Waals surface area contributed by atoms with E-state index in [1.807, 2.05) is 0 Å². The number of benzene rings is 1. The van der Waals surface area contributed by atoms with Gasteiger partial charge in [-0.2, -0.15) is 0 Å². The summed E-state index contributed by atoms with van der Waals surface area (Å²) in [6, 6.07) is 10.3. The van der Waals surface area contributed by atoms with E-state index in [1.165, 1.54) is 0 Å². The Balaban J connectivity index is 2.22. The summed E-state index contributed by atoms with van der Waals surface area (Å²) in [5.74, 6) is 0.00239. The van der Waals surface area contributed by atoms with Crippen LogP contribution >= 0.6 is 0 Å². The van der Waals surface area contributed by atoms with Crippen molar-refractivity contribution in [3.05, 3.63) is 47.7 Å². The Morgan fingerprint density at radius 1 is 1.18 bits per heavy atom. The zero-order valence-electron chi connectivity index (χ0n) is 8.92. The molecule has 0 radical (unpaired) electrons. The van der Waals surface area contributed by atoms with Crippen LogP contribution in [0.4, 0.5) is 0 Å². The van der Waals surface area contributed by atoms with Gasteiger partial charge in [-0.25, -0.2) is 0 Å². The van der Waals surface area contributed by atoms with Gasteiger partial charge in [0.2, 0.25) is 0 Å². The van der Waals surface area contributed by atoms with E-state index in [4.69, 9.17) is 9.52 Å². The van der Waals surface area contributed by atoms with Crippen molar-refractivity contribution in [1.82, 2.24) is 0 Å². The van der Waals surface area contributed by atoms with Gasteiger partial charge in [0.15, 0.2) is 12.0 Å². The zero-order valence-corrected chi connectivity index (χ0v) is 8.92. The van der Waals surface area contributed by atoms with E-state index in [0.29, 0.717) is 12.0 Å². The molecular weight excluding hydrogens is 220 g/mol. The molecule has 0 bridgehead atoms. The molecule has 4 heteroatoms. The molecule has 0 aliphatic carbocycles. The van der Waals surface area contributed by atoms with E-state index in [9.17, 15) is 9.59 Å². The standard InChI is InChI=1S/C13H10O4/c14-8-11-5-6-12(17-11)10-3-1-9(2-4-10)7-13(15)16/h1-6,8H,7H2,(H,15,16). The van der Waals surface area contributed by atoms with Crippen LogP contribution in [0.2, 0.25) is 0 Å². The van der Waals surface area contributed by atoms with E-state index in [0.717, 1.165) is 11.1 Å². The molecule has 0 amide bonds. The molecular formula is C13H10O4. The highest BCUT2D eigenvalue weighted by molar-refractivity contribution is 5.73. The van der Waals surface area contributed by atoms with Gasteiger partial charge in [0.25, 0.3) is 0 Å². The Hall–Kier alpha value is -2.36. The molecule has 2 rings (SSSR count). The van der Waals surface area contributed by atoms with Crippen molar-refractivity contribution in [1.29, 1.82) is 0 Å². The van der Waals surface area contributed by atoms with Crippen molar-refractivity contribution in [3.8, 4) is 11.3 Å². The number of hydrogen-bond acceptors (Lipinski definition) is 3. The minimum atomic E-state index is -0.862. The van der Waals surface area contributed by atoms with Crippen LogP contribution < -0.4 is 0 Å². The third-order valence-corrected chi connectivity index (χ3v) is 2.34. The first-order valence-corrected chi connectivity index (χ1v) is 5.05. The Morgan fingerprint density at radius 2 is 1.88 bits per heavy atom. The fourth-order valence-electron chi connectivity index (χ4n) is 1.53. The molecule has 0 spiro atoms. The summed E-state index contributed by atoms with van der Waals surface area (Å²) in [6.07, 6.45) is 0.639.